The van der Waals surface area contributed by atoms with Crippen molar-refractivity contribution >= 4 is 82.1 Å². The highest BCUT2D eigenvalue weighted by molar-refractivity contribution is 6.29. The molecule has 11 aromatic rings. The van der Waals surface area contributed by atoms with Crippen LogP contribution in [0.1, 0.15) is 0 Å². The van der Waals surface area contributed by atoms with Crippen LogP contribution in [0.4, 0.5) is 0 Å². The SMILES string of the molecule is c1ccc(-n2c3cc4c(cc3c3c2ccc2c5ccccc5n(-c5ccccc5)c23)c2cccnc2n2c3ccccc3nc42)cc1. The highest BCUT2D eigenvalue weighted by atomic mass is 15.1. The zero-order chi connectivity index (χ0) is 30.6. The topological polar surface area (TPSA) is 40.0 Å². The second kappa shape index (κ2) is 9.05. The molecule has 0 spiro atoms. The monoisotopic (exact) mass is 599 g/mol. The first-order valence-corrected chi connectivity index (χ1v) is 15.9. The molecule has 0 aliphatic carbocycles. The van der Waals surface area contributed by atoms with Crippen molar-refractivity contribution < 1.29 is 0 Å². The van der Waals surface area contributed by atoms with E-state index in [0.717, 1.165) is 55.4 Å². The van der Waals surface area contributed by atoms with Crippen LogP contribution in [0, 0.1) is 0 Å². The quantitative estimate of drug-likeness (QED) is 0.186. The van der Waals surface area contributed by atoms with E-state index in [9.17, 15) is 0 Å². The molecule has 0 radical (unpaired) electrons. The second-order valence-electron chi connectivity index (χ2n) is 12.3. The Bertz CT molecular complexity index is 3060. The van der Waals surface area contributed by atoms with Crippen molar-refractivity contribution in [1.82, 2.24) is 23.5 Å². The Morgan fingerprint density at radius 2 is 1.11 bits per heavy atom. The van der Waals surface area contributed by atoms with E-state index in [2.05, 4.69) is 153 Å². The van der Waals surface area contributed by atoms with E-state index in [0.29, 0.717) is 0 Å². The molecule has 5 heterocycles. The minimum Gasteiger partial charge on any atom is -0.309 e. The summed E-state index contributed by atoms with van der Waals surface area (Å²) in [4.78, 5) is 10.1. The molecule has 0 aliphatic heterocycles. The van der Waals surface area contributed by atoms with Crippen LogP contribution in [0.5, 0.6) is 0 Å². The lowest BCUT2D eigenvalue weighted by molar-refractivity contribution is 1.17. The molecule has 11 rings (SSSR count). The maximum absolute atomic E-state index is 5.20. The van der Waals surface area contributed by atoms with Gasteiger partial charge in [-0.1, -0.05) is 72.8 Å². The van der Waals surface area contributed by atoms with Gasteiger partial charge in [0.15, 0.2) is 0 Å². The number of nitrogens with zero attached hydrogens (tertiary/aromatic N) is 5. The van der Waals surface area contributed by atoms with Crippen molar-refractivity contribution in [2.45, 2.75) is 0 Å². The van der Waals surface area contributed by atoms with Gasteiger partial charge in [-0.15, -0.1) is 0 Å². The molecule has 0 unspecified atom stereocenters. The van der Waals surface area contributed by atoms with Crippen LogP contribution in [-0.2, 0) is 0 Å². The zero-order valence-electron chi connectivity index (χ0n) is 25.2. The van der Waals surface area contributed by atoms with Gasteiger partial charge in [-0.05, 0) is 78.2 Å². The lowest BCUT2D eigenvalue weighted by Gasteiger charge is -2.10. The van der Waals surface area contributed by atoms with Crippen LogP contribution in [-0.4, -0.2) is 23.5 Å². The molecule has 5 heteroatoms. The highest BCUT2D eigenvalue weighted by Gasteiger charge is 2.23. The summed E-state index contributed by atoms with van der Waals surface area (Å²) >= 11 is 0. The molecule has 0 saturated carbocycles. The largest absolute Gasteiger partial charge is 0.309 e. The van der Waals surface area contributed by atoms with Gasteiger partial charge in [0, 0.05) is 49.9 Å². The fourth-order valence-electron chi connectivity index (χ4n) is 7.92. The number of hydrogen-bond acceptors (Lipinski definition) is 2. The first-order chi connectivity index (χ1) is 23.3. The van der Waals surface area contributed by atoms with E-state index in [4.69, 9.17) is 9.97 Å². The lowest BCUT2D eigenvalue weighted by atomic mass is 10.0. The van der Waals surface area contributed by atoms with E-state index < -0.39 is 0 Å². The molecule has 0 amide bonds. The average Bonchev–Trinajstić information content (AvgIpc) is 3.79. The fourth-order valence-corrected chi connectivity index (χ4v) is 7.92. The molecule has 0 fully saturated rings. The van der Waals surface area contributed by atoms with E-state index in [-0.39, 0.29) is 0 Å². The Labute approximate surface area is 268 Å². The number of rotatable bonds is 2. The standard InChI is InChI=1S/C42H25N5/c1-3-12-26(13-4-1)45-37-22-21-29-28-16-7-9-19-35(28)46(27-14-5-2-6-15-27)40(29)39(37)33-24-31-30-17-11-23-43-41(30)47-36-20-10-8-18-34(36)44-42(47)32(31)25-38(33)45/h1-25H. The van der Waals surface area contributed by atoms with Crippen molar-refractivity contribution in [3.05, 3.63) is 152 Å². The number of imidazole rings is 1. The van der Waals surface area contributed by atoms with E-state index in [1.165, 1.54) is 38.1 Å². The molecular formula is C42H25N5. The van der Waals surface area contributed by atoms with Gasteiger partial charge in [-0.3, -0.25) is 4.40 Å². The molecular weight excluding hydrogens is 574 g/mol. The van der Waals surface area contributed by atoms with Gasteiger partial charge in [-0.2, -0.15) is 0 Å². The van der Waals surface area contributed by atoms with Crippen molar-refractivity contribution in [2.75, 3.05) is 0 Å². The minimum atomic E-state index is 0.915. The molecule has 6 aromatic carbocycles. The normalized spacial score (nSPS) is 12.3. The summed E-state index contributed by atoms with van der Waals surface area (Å²) in [5.41, 5.74) is 10.9. The summed E-state index contributed by atoms with van der Waals surface area (Å²) in [6.07, 6.45) is 1.88. The number of pyridine rings is 2. The van der Waals surface area contributed by atoms with Crippen LogP contribution >= 0.6 is 0 Å². The second-order valence-corrected chi connectivity index (χ2v) is 12.3. The fraction of sp³-hybridized carbons (Fsp3) is 0. The molecule has 5 aromatic heterocycles. The summed E-state index contributed by atoms with van der Waals surface area (Å²) < 4.78 is 7.08. The predicted octanol–water partition coefficient (Wildman–Crippen LogP) is 10.4. The summed E-state index contributed by atoms with van der Waals surface area (Å²) in [6.45, 7) is 0. The van der Waals surface area contributed by atoms with Crippen molar-refractivity contribution in [3.63, 3.8) is 0 Å². The molecule has 0 aliphatic rings. The zero-order valence-corrected chi connectivity index (χ0v) is 25.2. The van der Waals surface area contributed by atoms with E-state index in [1.807, 2.05) is 12.3 Å². The van der Waals surface area contributed by atoms with Gasteiger partial charge < -0.3 is 9.13 Å². The third-order valence-electron chi connectivity index (χ3n) is 9.82. The lowest BCUT2D eigenvalue weighted by Crippen LogP contribution is -1.96. The minimum absolute atomic E-state index is 0.915. The molecule has 218 valence electrons. The number of fused-ring (bicyclic) bond motifs is 15. The predicted molar refractivity (Wildman–Crippen MR) is 194 cm³/mol. The van der Waals surface area contributed by atoms with Crippen LogP contribution in [0.2, 0.25) is 0 Å². The van der Waals surface area contributed by atoms with Gasteiger partial charge in [0.2, 0.25) is 0 Å². The Morgan fingerprint density at radius 3 is 1.94 bits per heavy atom. The first kappa shape index (κ1) is 24.8. The Morgan fingerprint density at radius 1 is 0.404 bits per heavy atom. The third kappa shape index (κ3) is 3.22. The van der Waals surface area contributed by atoms with Crippen LogP contribution < -0.4 is 0 Å². The summed E-state index contributed by atoms with van der Waals surface area (Å²) in [5.74, 6) is 0. The van der Waals surface area contributed by atoms with Gasteiger partial charge in [0.25, 0.3) is 0 Å². The van der Waals surface area contributed by atoms with Crippen LogP contribution in [0.3, 0.4) is 0 Å². The third-order valence-corrected chi connectivity index (χ3v) is 9.82. The molecule has 47 heavy (non-hydrogen) atoms. The van der Waals surface area contributed by atoms with Gasteiger partial charge in [0.1, 0.15) is 11.3 Å². The number of aromatic nitrogens is 5. The summed E-state index contributed by atoms with van der Waals surface area (Å²) in [7, 11) is 0. The average molecular weight is 600 g/mol. The van der Waals surface area contributed by atoms with Crippen molar-refractivity contribution in [3.8, 4) is 11.4 Å². The number of benzene rings is 6. The number of para-hydroxylation sites is 5. The Kier molecular flexibility index (Phi) is 4.78. The van der Waals surface area contributed by atoms with Crippen LogP contribution in [0.15, 0.2) is 152 Å². The maximum Gasteiger partial charge on any atom is 0.147 e. The van der Waals surface area contributed by atoms with Gasteiger partial charge in [-0.25, -0.2) is 9.97 Å². The van der Waals surface area contributed by atoms with Crippen LogP contribution in [0.25, 0.3) is 93.5 Å². The van der Waals surface area contributed by atoms with Gasteiger partial charge in [0.05, 0.1) is 33.1 Å². The Hall–Kier alpha value is -6.46. The molecule has 0 saturated heterocycles. The summed E-state index contributed by atoms with van der Waals surface area (Å²) in [5, 5.41) is 8.28. The van der Waals surface area contributed by atoms with Crippen molar-refractivity contribution in [1.29, 1.82) is 0 Å². The number of hydrogen-bond donors (Lipinski definition) is 0. The van der Waals surface area contributed by atoms with Crippen molar-refractivity contribution in [2.24, 2.45) is 0 Å². The Balaban J connectivity index is 1.43. The summed E-state index contributed by atoms with van der Waals surface area (Å²) in [6, 6.07) is 52.1. The molecule has 5 nitrogen and oxygen atoms in total. The highest BCUT2D eigenvalue weighted by Crippen LogP contribution is 2.44. The smallest absolute Gasteiger partial charge is 0.147 e. The van der Waals surface area contributed by atoms with Gasteiger partial charge >= 0.3 is 0 Å². The molecule has 0 bridgehead atoms. The van der Waals surface area contributed by atoms with E-state index >= 15 is 0 Å². The van der Waals surface area contributed by atoms with E-state index in [1.54, 1.807) is 0 Å². The molecule has 0 N–H and O–H groups in total. The molecule has 0 atom stereocenters. The first-order valence-electron chi connectivity index (χ1n) is 15.9. The maximum atomic E-state index is 5.20.